The molecule has 0 aliphatic carbocycles. The van der Waals surface area contributed by atoms with Crippen molar-refractivity contribution in [3.63, 3.8) is 0 Å². The van der Waals surface area contributed by atoms with Gasteiger partial charge >= 0.3 is 0 Å². The second-order valence-corrected chi connectivity index (χ2v) is 7.74. The van der Waals surface area contributed by atoms with E-state index in [1.807, 2.05) is 11.3 Å². The van der Waals surface area contributed by atoms with Gasteiger partial charge in [0, 0.05) is 19.5 Å². The van der Waals surface area contributed by atoms with E-state index < -0.39 is 0 Å². The van der Waals surface area contributed by atoms with Crippen molar-refractivity contribution in [3.8, 4) is 19.5 Å². The molecule has 0 aliphatic rings. The van der Waals surface area contributed by atoms with E-state index in [-0.39, 0.29) is 0 Å². The first-order valence-electron chi connectivity index (χ1n) is 4.72. The Labute approximate surface area is 114 Å². The molecule has 0 fully saturated rings. The minimum Gasteiger partial charge on any atom is -0.143 e. The van der Waals surface area contributed by atoms with Crippen LogP contribution in [0.4, 0.5) is 0 Å². The molecule has 0 spiro atoms. The van der Waals surface area contributed by atoms with E-state index in [1.165, 1.54) is 23.3 Å². The second-order valence-electron chi connectivity index (χ2n) is 3.24. The Morgan fingerprint density at radius 1 is 0.750 bits per heavy atom. The zero-order valence-electron chi connectivity index (χ0n) is 8.14. The highest BCUT2D eigenvalue weighted by atomic mass is 79.9. The lowest BCUT2D eigenvalue weighted by molar-refractivity contribution is 1.90. The molecule has 3 aromatic rings. The summed E-state index contributed by atoms with van der Waals surface area (Å²) >= 11 is 8.93. The van der Waals surface area contributed by atoms with Crippen LogP contribution in [0.3, 0.4) is 0 Å². The van der Waals surface area contributed by atoms with E-state index in [0.717, 1.165) is 0 Å². The van der Waals surface area contributed by atoms with E-state index in [0.29, 0.717) is 0 Å². The van der Waals surface area contributed by atoms with E-state index in [2.05, 4.69) is 57.7 Å². The minimum atomic E-state index is 1.19. The van der Waals surface area contributed by atoms with Gasteiger partial charge in [-0.25, -0.2) is 0 Å². The van der Waals surface area contributed by atoms with Gasteiger partial charge in [0.05, 0.1) is 3.79 Å². The number of halogens is 1. The predicted octanol–water partition coefficient (Wildman–Crippen LogP) is 5.97. The minimum absolute atomic E-state index is 1.19. The highest BCUT2D eigenvalue weighted by Gasteiger charge is 2.07. The van der Waals surface area contributed by atoms with Crippen molar-refractivity contribution in [2.45, 2.75) is 0 Å². The van der Waals surface area contributed by atoms with Crippen LogP contribution in [0.25, 0.3) is 19.5 Å². The van der Waals surface area contributed by atoms with Crippen molar-refractivity contribution >= 4 is 49.9 Å². The van der Waals surface area contributed by atoms with Gasteiger partial charge in [0.15, 0.2) is 0 Å². The Kier molecular flexibility index (Phi) is 2.98. The van der Waals surface area contributed by atoms with Gasteiger partial charge in [0.25, 0.3) is 0 Å². The summed E-state index contributed by atoms with van der Waals surface area (Å²) < 4.78 is 1.19. The SMILES string of the molecule is Brc1ccc(-c2ccc(-c3cccs3)s2)s1. The lowest BCUT2D eigenvalue weighted by Crippen LogP contribution is -1.57. The van der Waals surface area contributed by atoms with Crippen LogP contribution in [0.15, 0.2) is 45.6 Å². The molecule has 0 unspecified atom stereocenters. The van der Waals surface area contributed by atoms with Gasteiger partial charge in [0.2, 0.25) is 0 Å². The molecule has 3 heterocycles. The number of rotatable bonds is 2. The molecule has 0 bridgehead atoms. The van der Waals surface area contributed by atoms with Crippen LogP contribution in [0.2, 0.25) is 0 Å². The first-order chi connectivity index (χ1) is 7.83. The van der Waals surface area contributed by atoms with Gasteiger partial charge < -0.3 is 0 Å². The van der Waals surface area contributed by atoms with Gasteiger partial charge in [-0.2, -0.15) is 0 Å². The first-order valence-corrected chi connectivity index (χ1v) is 8.03. The Morgan fingerprint density at radius 2 is 1.44 bits per heavy atom. The van der Waals surface area contributed by atoms with Crippen LogP contribution < -0.4 is 0 Å². The molecule has 0 atom stereocenters. The average molecular weight is 327 g/mol. The fraction of sp³-hybridized carbons (Fsp3) is 0. The van der Waals surface area contributed by atoms with E-state index >= 15 is 0 Å². The largest absolute Gasteiger partial charge is 0.143 e. The standard InChI is InChI=1S/C12H7BrS3/c13-12-6-5-11(16-12)10-4-3-9(15-10)8-2-1-7-14-8/h1-7H. The number of hydrogen-bond donors (Lipinski definition) is 0. The zero-order chi connectivity index (χ0) is 11.0. The van der Waals surface area contributed by atoms with Crippen molar-refractivity contribution in [2.75, 3.05) is 0 Å². The molecule has 0 nitrogen and oxygen atoms in total. The quantitative estimate of drug-likeness (QED) is 0.544. The van der Waals surface area contributed by atoms with Crippen LogP contribution in [0.1, 0.15) is 0 Å². The van der Waals surface area contributed by atoms with E-state index in [1.54, 1.807) is 22.7 Å². The van der Waals surface area contributed by atoms with Crippen LogP contribution in [0.5, 0.6) is 0 Å². The smallest absolute Gasteiger partial charge is 0.0705 e. The molecule has 0 N–H and O–H groups in total. The van der Waals surface area contributed by atoms with Crippen molar-refractivity contribution in [1.82, 2.24) is 0 Å². The van der Waals surface area contributed by atoms with Crippen LogP contribution in [-0.4, -0.2) is 0 Å². The fourth-order valence-corrected chi connectivity index (χ4v) is 4.79. The Morgan fingerprint density at radius 3 is 2.06 bits per heavy atom. The average Bonchev–Trinajstić information content (AvgIpc) is 2.97. The summed E-state index contributed by atoms with van der Waals surface area (Å²) in [6.45, 7) is 0. The third kappa shape index (κ3) is 2.02. The lowest BCUT2D eigenvalue weighted by Gasteiger charge is -1.89. The summed E-state index contributed by atoms with van der Waals surface area (Å²) in [6.07, 6.45) is 0. The normalized spacial score (nSPS) is 10.8. The summed E-state index contributed by atoms with van der Waals surface area (Å²) in [6, 6.07) is 13.0. The van der Waals surface area contributed by atoms with Gasteiger partial charge in [-0.3, -0.25) is 0 Å². The third-order valence-electron chi connectivity index (χ3n) is 2.19. The van der Waals surface area contributed by atoms with Crippen molar-refractivity contribution in [1.29, 1.82) is 0 Å². The van der Waals surface area contributed by atoms with Gasteiger partial charge in [0.1, 0.15) is 0 Å². The maximum Gasteiger partial charge on any atom is 0.0705 e. The molecule has 0 saturated heterocycles. The summed E-state index contributed by atoms with van der Waals surface area (Å²) in [5, 5.41) is 2.12. The van der Waals surface area contributed by atoms with Crippen molar-refractivity contribution in [2.24, 2.45) is 0 Å². The Balaban J connectivity index is 2.00. The van der Waals surface area contributed by atoms with E-state index in [4.69, 9.17) is 0 Å². The summed E-state index contributed by atoms with van der Waals surface area (Å²) in [5.74, 6) is 0. The second kappa shape index (κ2) is 4.45. The van der Waals surface area contributed by atoms with Crippen LogP contribution in [0, 0.1) is 0 Å². The highest BCUT2D eigenvalue weighted by molar-refractivity contribution is 9.11. The monoisotopic (exact) mass is 326 g/mol. The van der Waals surface area contributed by atoms with Crippen LogP contribution in [-0.2, 0) is 0 Å². The predicted molar refractivity (Wildman–Crippen MR) is 78.6 cm³/mol. The van der Waals surface area contributed by atoms with Gasteiger partial charge in [-0.05, 0) is 51.6 Å². The van der Waals surface area contributed by atoms with Gasteiger partial charge in [-0.1, -0.05) is 6.07 Å². The maximum atomic E-state index is 3.50. The molecule has 0 aromatic carbocycles. The zero-order valence-corrected chi connectivity index (χ0v) is 12.2. The van der Waals surface area contributed by atoms with Crippen LogP contribution >= 0.6 is 49.9 Å². The Bertz CT molecular complexity index is 589. The fourth-order valence-electron chi connectivity index (χ4n) is 1.47. The molecule has 3 rings (SSSR count). The highest BCUT2D eigenvalue weighted by Crippen LogP contribution is 2.39. The summed E-state index contributed by atoms with van der Waals surface area (Å²) in [5.41, 5.74) is 0. The molecule has 0 radical (unpaired) electrons. The third-order valence-corrected chi connectivity index (χ3v) is 6.16. The topological polar surface area (TPSA) is 0 Å². The van der Waals surface area contributed by atoms with E-state index in [9.17, 15) is 0 Å². The molecule has 0 amide bonds. The Hall–Kier alpha value is -0.420. The molecule has 4 heteroatoms. The molecular formula is C12H7BrS3. The van der Waals surface area contributed by atoms with Crippen molar-refractivity contribution in [3.05, 3.63) is 45.6 Å². The molecular weight excluding hydrogens is 320 g/mol. The number of thiophene rings is 3. The maximum absolute atomic E-state index is 3.50. The number of hydrogen-bond acceptors (Lipinski definition) is 3. The molecule has 16 heavy (non-hydrogen) atoms. The van der Waals surface area contributed by atoms with Gasteiger partial charge in [-0.15, -0.1) is 34.0 Å². The molecule has 0 aliphatic heterocycles. The first kappa shape index (κ1) is 10.7. The van der Waals surface area contributed by atoms with Crippen molar-refractivity contribution < 1.29 is 0 Å². The molecule has 3 aromatic heterocycles. The molecule has 80 valence electrons. The molecule has 0 saturated carbocycles. The summed E-state index contributed by atoms with van der Waals surface area (Å²) in [7, 11) is 0. The summed E-state index contributed by atoms with van der Waals surface area (Å²) in [4.78, 5) is 5.39. The lowest BCUT2D eigenvalue weighted by atomic mass is 10.3.